The van der Waals surface area contributed by atoms with E-state index in [1.165, 1.54) is 61.4 Å². The second kappa shape index (κ2) is 10.6. The molecule has 11 nitrogen and oxygen atoms in total. The van der Waals surface area contributed by atoms with E-state index >= 15 is 0 Å². The van der Waals surface area contributed by atoms with Gasteiger partial charge in [-0.25, -0.2) is 14.3 Å². The molecule has 35 heavy (non-hydrogen) atoms. The Labute approximate surface area is 200 Å². The topological polar surface area (TPSA) is 146 Å². The predicted molar refractivity (Wildman–Crippen MR) is 128 cm³/mol. The van der Waals surface area contributed by atoms with E-state index in [1.807, 2.05) is 6.92 Å². The molecular weight excluding hydrogens is 456 g/mol. The number of nitrogens with zero attached hydrogens (tertiary/aromatic N) is 3. The Morgan fingerprint density at radius 1 is 1.09 bits per heavy atom. The normalized spacial score (nSPS) is 11.3. The molecule has 1 N–H and O–H groups in total. The number of methoxy groups -OCH3 is 2. The van der Waals surface area contributed by atoms with Crippen LogP contribution in [-0.2, 0) is 15.9 Å². The van der Waals surface area contributed by atoms with Crippen molar-refractivity contribution in [2.45, 2.75) is 26.7 Å². The quantitative estimate of drug-likeness (QED) is 0.224. The van der Waals surface area contributed by atoms with Gasteiger partial charge >= 0.3 is 11.9 Å². The van der Waals surface area contributed by atoms with Crippen LogP contribution in [0.25, 0.3) is 5.69 Å². The molecule has 2 aromatic carbocycles. The summed E-state index contributed by atoms with van der Waals surface area (Å²) >= 11 is 0. The number of aliphatic imine (C=N–C) groups is 1. The number of hydrogen-bond donors (Lipinski definition) is 1. The number of carbonyl (C=O) groups is 2. The van der Waals surface area contributed by atoms with Gasteiger partial charge in [0, 0.05) is 17.8 Å². The molecule has 0 aliphatic heterocycles. The van der Waals surface area contributed by atoms with Crippen molar-refractivity contribution in [1.82, 2.24) is 9.78 Å². The Morgan fingerprint density at radius 3 is 2.31 bits per heavy atom. The molecule has 0 radical (unpaired) electrons. The number of aromatic nitrogens is 2. The Balaban J connectivity index is 2.16. The van der Waals surface area contributed by atoms with Crippen LogP contribution in [0.1, 0.15) is 52.2 Å². The highest BCUT2D eigenvalue weighted by Gasteiger charge is 2.20. The minimum absolute atomic E-state index is 0.0964. The maximum Gasteiger partial charge on any atom is 0.340 e. The molecule has 0 aliphatic rings. The molecule has 0 fully saturated rings. The van der Waals surface area contributed by atoms with E-state index in [0.29, 0.717) is 29.1 Å². The maximum atomic E-state index is 13.4. The highest BCUT2D eigenvalue weighted by atomic mass is 16.6. The summed E-state index contributed by atoms with van der Waals surface area (Å²) in [5, 5.41) is 14.0. The largest absolute Gasteiger partial charge is 0.465 e. The van der Waals surface area contributed by atoms with Gasteiger partial charge < -0.3 is 9.47 Å². The number of H-pyrrole nitrogens is 1. The lowest BCUT2D eigenvalue weighted by Gasteiger charge is -2.08. The van der Waals surface area contributed by atoms with Crippen molar-refractivity contribution in [3.63, 3.8) is 0 Å². The van der Waals surface area contributed by atoms with Gasteiger partial charge in [0.25, 0.3) is 11.2 Å². The number of esters is 2. The summed E-state index contributed by atoms with van der Waals surface area (Å²) in [7, 11) is 2.47. The van der Waals surface area contributed by atoms with Crippen molar-refractivity contribution >= 4 is 29.0 Å². The van der Waals surface area contributed by atoms with Crippen molar-refractivity contribution in [2.24, 2.45) is 4.99 Å². The van der Waals surface area contributed by atoms with E-state index in [9.17, 15) is 24.5 Å². The zero-order valence-electron chi connectivity index (χ0n) is 19.7. The van der Waals surface area contributed by atoms with Gasteiger partial charge in [-0.05, 0) is 43.7 Å². The number of aryl methyl sites for hydroxylation is 1. The van der Waals surface area contributed by atoms with Gasteiger partial charge in [-0.1, -0.05) is 13.3 Å². The maximum absolute atomic E-state index is 13.4. The fourth-order valence-corrected chi connectivity index (χ4v) is 3.58. The molecular formula is C24H24N4O7. The number of aromatic amines is 1. The number of benzene rings is 2. The van der Waals surface area contributed by atoms with Crippen LogP contribution in [0.4, 0.5) is 11.4 Å². The second-order valence-electron chi connectivity index (χ2n) is 7.54. The van der Waals surface area contributed by atoms with Gasteiger partial charge in [0.2, 0.25) is 0 Å². The first-order valence-corrected chi connectivity index (χ1v) is 10.7. The minimum atomic E-state index is -0.654. The molecule has 11 heteroatoms. The van der Waals surface area contributed by atoms with Crippen LogP contribution in [-0.4, -0.2) is 46.6 Å². The van der Waals surface area contributed by atoms with Crippen molar-refractivity contribution in [3.05, 3.63) is 85.3 Å². The van der Waals surface area contributed by atoms with Crippen LogP contribution in [0.5, 0.6) is 0 Å². The summed E-state index contributed by atoms with van der Waals surface area (Å²) in [4.78, 5) is 52.6. The lowest BCUT2D eigenvalue weighted by atomic mass is 10.1. The molecule has 0 aliphatic carbocycles. The molecule has 3 aromatic rings. The van der Waals surface area contributed by atoms with Crippen LogP contribution in [0.15, 0.2) is 52.3 Å². The minimum Gasteiger partial charge on any atom is -0.465 e. The molecule has 1 heterocycles. The fraction of sp³-hybridized carbons (Fsp3) is 0.250. The molecule has 0 amide bonds. The molecule has 0 unspecified atom stereocenters. The molecule has 0 atom stereocenters. The third kappa shape index (κ3) is 5.18. The zero-order valence-corrected chi connectivity index (χ0v) is 19.7. The van der Waals surface area contributed by atoms with Crippen molar-refractivity contribution in [2.75, 3.05) is 14.2 Å². The first-order valence-electron chi connectivity index (χ1n) is 10.7. The Hall–Kier alpha value is -4.54. The Morgan fingerprint density at radius 2 is 1.74 bits per heavy atom. The van der Waals surface area contributed by atoms with Gasteiger partial charge in [-0.15, -0.1) is 0 Å². The fourth-order valence-electron chi connectivity index (χ4n) is 3.58. The van der Waals surface area contributed by atoms with E-state index in [2.05, 4.69) is 10.1 Å². The lowest BCUT2D eigenvalue weighted by molar-refractivity contribution is -0.384. The number of rotatable bonds is 8. The van der Waals surface area contributed by atoms with Crippen LogP contribution < -0.4 is 5.56 Å². The van der Waals surface area contributed by atoms with Gasteiger partial charge in [0.15, 0.2) is 0 Å². The number of carbonyl (C=O) groups excluding carboxylic acids is 2. The smallest absolute Gasteiger partial charge is 0.340 e. The van der Waals surface area contributed by atoms with Crippen molar-refractivity contribution in [1.29, 1.82) is 0 Å². The van der Waals surface area contributed by atoms with Gasteiger partial charge in [0.05, 0.1) is 52.9 Å². The van der Waals surface area contributed by atoms with E-state index in [4.69, 9.17) is 9.47 Å². The highest BCUT2D eigenvalue weighted by molar-refractivity contribution is 6.04. The molecule has 0 bridgehead atoms. The van der Waals surface area contributed by atoms with Crippen molar-refractivity contribution in [3.8, 4) is 5.69 Å². The Kier molecular flexibility index (Phi) is 7.59. The third-order valence-electron chi connectivity index (χ3n) is 5.26. The number of hydrogen-bond acceptors (Lipinski definition) is 8. The summed E-state index contributed by atoms with van der Waals surface area (Å²) in [6, 6.07) is 9.78. The molecule has 0 saturated heterocycles. The van der Waals surface area contributed by atoms with E-state index < -0.39 is 22.4 Å². The van der Waals surface area contributed by atoms with Gasteiger partial charge in [-0.2, -0.15) is 0 Å². The zero-order chi connectivity index (χ0) is 25.7. The molecule has 182 valence electrons. The van der Waals surface area contributed by atoms with Crippen molar-refractivity contribution < 1.29 is 24.0 Å². The molecule has 1 aromatic heterocycles. The first kappa shape index (κ1) is 25.1. The number of nitro groups is 1. The SMILES string of the molecule is CCCc1[nH]n(-c2ccc([N+](=O)[O-])cc2)c(=O)c1C(C)=Nc1cc(C(=O)OC)ccc1C(=O)OC. The van der Waals surface area contributed by atoms with Gasteiger partial charge in [-0.3, -0.25) is 25.0 Å². The van der Waals surface area contributed by atoms with Crippen LogP contribution in [0, 0.1) is 10.1 Å². The summed E-state index contributed by atoms with van der Waals surface area (Å²) in [5.41, 5.74) is 1.56. The summed E-state index contributed by atoms with van der Waals surface area (Å²) in [5.74, 6) is -1.26. The van der Waals surface area contributed by atoms with E-state index in [-0.39, 0.29) is 22.5 Å². The average molecular weight is 480 g/mol. The lowest BCUT2D eigenvalue weighted by Crippen LogP contribution is -2.19. The molecule has 0 spiro atoms. The monoisotopic (exact) mass is 480 g/mol. The van der Waals surface area contributed by atoms with Crippen LogP contribution in [0.3, 0.4) is 0 Å². The summed E-state index contributed by atoms with van der Waals surface area (Å²) < 4.78 is 10.9. The number of ether oxygens (including phenoxy) is 2. The highest BCUT2D eigenvalue weighted by Crippen LogP contribution is 2.24. The summed E-state index contributed by atoms with van der Waals surface area (Å²) in [6.45, 7) is 3.57. The predicted octanol–water partition coefficient (Wildman–Crippen LogP) is 3.74. The molecule has 0 saturated carbocycles. The van der Waals surface area contributed by atoms with Crippen LogP contribution >= 0.6 is 0 Å². The number of non-ortho nitro benzene ring substituents is 1. The average Bonchev–Trinajstić information content (AvgIpc) is 3.18. The third-order valence-corrected chi connectivity index (χ3v) is 5.26. The summed E-state index contributed by atoms with van der Waals surface area (Å²) in [6.07, 6.45) is 1.26. The standard InChI is InChI=1S/C24H24N4O7/c1-5-6-19-21(22(29)27(26-19)16-8-10-17(11-9-16)28(32)33)14(2)25-20-13-15(23(30)34-3)7-12-18(20)24(31)35-4/h7-13,26H,5-6H2,1-4H3. The second-order valence-corrected chi connectivity index (χ2v) is 7.54. The number of nitro benzene ring substituents is 1. The first-order chi connectivity index (χ1) is 16.7. The van der Waals surface area contributed by atoms with E-state index in [0.717, 1.165) is 6.42 Å². The van der Waals surface area contributed by atoms with E-state index in [1.54, 1.807) is 6.92 Å². The number of nitrogens with one attached hydrogen (secondary N) is 1. The van der Waals surface area contributed by atoms with Gasteiger partial charge in [0.1, 0.15) is 0 Å². The van der Waals surface area contributed by atoms with Crippen LogP contribution in [0.2, 0.25) is 0 Å². The molecule has 3 rings (SSSR count). The Bertz CT molecular complexity index is 1370.